The number of carboxylic acid groups (broad SMARTS) is 1. The molecule has 1 aromatic heterocycles. The van der Waals surface area contributed by atoms with Crippen LogP contribution in [0.3, 0.4) is 0 Å². The van der Waals surface area contributed by atoms with Gasteiger partial charge in [0.1, 0.15) is 11.3 Å². The van der Waals surface area contributed by atoms with Gasteiger partial charge in [-0.25, -0.2) is 13.9 Å². The summed E-state index contributed by atoms with van der Waals surface area (Å²) in [7, 11) is 0. The summed E-state index contributed by atoms with van der Waals surface area (Å²) in [5.74, 6) is -1.62. The molecule has 1 N–H and O–H groups in total. The minimum absolute atomic E-state index is 0.0412. The van der Waals surface area contributed by atoms with Crippen molar-refractivity contribution in [3.05, 3.63) is 52.8 Å². The lowest BCUT2D eigenvalue weighted by Gasteiger charge is -2.03. The van der Waals surface area contributed by atoms with Gasteiger partial charge in [0.25, 0.3) is 0 Å². The standard InChI is InChI=1S/C13H7ClFN3O2/c14-9-6-7(4-5-10(9)15)18-11-3-1-2-8(13(19)20)12(11)16-17-18/h1-6H,(H,19,20). The fraction of sp³-hybridized carbons (Fsp3) is 0. The third kappa shape index (κ3) is 1.90. The van der Waals surface area contributed by atoms with Gasteiger partial charge < -0.3 is 5.11 Å². The van der Waals surface area contributed by atoms with Crippen molar-refractivity contribution >= 4 is 28.6 Å². The van der Waals surface area contributed by atoms with Crippen LogP contribution in [0.4, 0.5) is 4.39 Å². The van der Waals surface area contributed by atoms with Crippen LogP contribution >= 0.6 is 11.6 Å². The van der Waals surface area contributed by atoms with Crippen LogP contribution in [-0.4, -0.2) is 26.1 Å². The fourth-order valence-corrected chi connectivity index (χ4v) is 2.10. The average molecular weight is 292 g/mol. The first-order valence-electron chi connectivity index (χ1n) is 5.61. The Labute approximate surface area is 117 Å². The van der Waals surface area contributed by atoms with E-state index in [1.54, 1.807) is 12.1 Å². The van der Waals surface area contributed by atoms with Crippen molar-refractivity contribution in [2.75, 3.05) is 0 Å². The Kier molecular flexibility index (Phi) is 2.87. The van der Waals surface area contributed by atoms with E-state index >= 15 is 0 Å². The summed E-state index contributed by atoms with van der Waals surface area (Å²) >= 11 is 5.73. The minimum Gasteiger partial charge on any atom is -0.478 e. The molecule has 0 amide bonds. The summed E-state index contributed by atoms with van der Waals surface area (Å²) in [6.07, 6.45) is 0. The molecule has 1 heterocycles. The highest BCUT2D eigenvalue weighted by atomic mass is 35.5. The number of aromatic carboxylic acids is 1. The summed E-state index contributed by atoms with van der Waals surface area (Å²) in [5.41, 5.74) is 1.33. The monoisotopic (exact) mass is 291 g/mol. The Morgan fingerprint density at radius 1 is 1.30 bits per heavy atom. The van der Waals surface area contributed by atoms with E-state index in [2.05, 4.69) is 10.3 Å². The van der Waals surface area contributed by atoms with Crippen LogP contribution in [0.2, 0.25) is 5.02 Å². The van der Waals surface area contributed by atoms with Gasteiger partial charge in [0.2, 0.25) is 0 Å². The molecule has 2 aromatic carbocycles. The predicted octanol–water partition coefficient (Wildman–Crippen LogP) is 2.91. The van der Waals surface area contributed by atoms with E-state index in [0.29, 0.717) is 11.2 Å². The largest absolute Gasteiger partial charge is 0.478 e. The lowest BCUT2D eigenvalue weighted by molar-refractivity contribution is 0.0699. The zero-order chi connectivity index (χ0) is 14.3. The zero-order valence-corrected chi connectivity index (χ0v) is 10.7. The molecule has 0 bridgehead atoms. The summed E-state index contributed by atoms with van der Waals surface area (Å²) in [5, 5.41) is 16.8. The van der Waals surface area contributed by atoms with Gasteiger partial charge in [0, 0.05) is 0 Å². The minimum atomic E-state index is -1.08. The third-order valence-corrected chi connectivity index (χ3v) is 3.14. The molecule has 0 fully saturated rings. The number of hydrogen-bond donors (Lipinski definition) is 1. The molecule has 5 nitrogen and oxygen atoms in total. The molecule has 0 aliphatic rings. The van der Waals surface area contributed by atoms with Crippen molar-refractivity contribution in [2.45, 2.75) is 0 Å². The Morgan fingerprint density at radius 3 is 2.80 bits per heavy atom. The van der Waals surface area contributed by atoms with Gasteiger partial charge in [-0.1, -0.05) is 22.9 Å². The Balaban J connectivity index is 2.25. The molecule has 0 spiro atoms. The maximum Gasteiger partial charge on any atom is 0.338 e. The Morgan fingerprint density at radius 2 is 2.10 bits per heavy atom. The predicted molar refractivity (Wildman–Crippen MR) is 70.8 cm³/mol. The zero-order valence-electron chi connectivity index (χ0n) is 9.92. The second-order valence-corrected chi connectivity index (χ2v) is 4.49. The molecule has 0 saturated heterocycles. The molecule has 3 aromatic rings. The highest BCUT2D eigenvalue weighted by molar-refractivity contribution is 6.30. The smallest absolute Gasteiger partial charge is 0.338 e. The molecule has 0 unspecified atom stereocenters. The molecule has 0 aliphatic carbocycles. The van der Waals surface area contributed by atoms with Crippen molar-refractivity contribution in [3.63, 3.8) is 0 Å². The maximum absolute atomic E-state index is 13.2. The number of rotatable bonds is 2. The second-order valence-electron chi connectivity index (χ2n) is 4.08. The summed E-state index contributed by atoms with van der Waals surface area (Å²) in [4.78, 5) is 11.1. The lowest BCUT2D eigenvalue weighted by atomic mass is 10.2. The average Bonchev–Trinajstić information content (AvgIpc) is 2.85. The number of hydrogen-bond acceptors (Lipinski definition) is 3. The fourth-order valence-electron chi connectivity index (χ4n) is 1.93. The van der Waals surface area contributed by atoms with Crippen LogP contribution in [0.15, 0.2) is 36.4 Å². The van der Waals surface area contributed by atoms with E-state index in [1.807, 2.05) is 0 Å². The van der Waals surface area contributed by atoms with Crippen LogP contribution in [0.25, 0.3) is 16.7 Å². The van der Waals surface area contributed by atoms with Crippen molar-refractivity contribution in [2.24, 2.45) is 0 Å². The molecular weight excluding hydrogens is 285 g/mol. The number of carbonyl (C=O) groups is 1. The van der Waals surface area contributed by atoms with Crippen LogP contribution < -0.4 is 0 Å². The van der Waals surface area contributed by atoms with Crippen molar-refractivity contribution in [1.29, 1.82) is 0 Å². The maximum atomic E-state index is 13.2. The topological polar surface area (TPSA) is 68.0 Å². The van der Waals surface area contributed by atoms with Crippen LogP contribution in [0.1, 0.15) is 10.4 Å². The summed E-state index contributed by atoms with van der Waals surface area (Å²) < 4.78 is 14.6. The van der Waals surface area contributed by atoms with E-state index < -0.39 is 11.8 Å². The van der Waals surface area contributed by atoms with E-state index in [1.165, 1.54) is 28.9 Å². The van der Waals surface area contributed by atoms with Gasteiger partial charge in [-0.2, -0.15) is 0 Å². The molecule has 0 saturated carbocycles. The van der Waals surface area contributed by atoms with Gasteiger partial charge in [0.15, 0.2) is 0 Å². The number of halogens is 2. The molecule has 7 heteroatoms. The number of fused-ring (bicyclic) bond motifs is 1. The molecule has 20 heavy (non-hydrogen) atoms. The van der Waals surface area contributed by atoms with Crippen molar-refractivity contribution in [1.82, 2.24) is 15.0 Å². The van der Waals surface area contributed by atoms with Gasteiger partial charge in [-0.15, -0.1) is 5.10 Å². The Bertz CT molecular complexity index is 832. The quantitative estimate of drug-likeness (QED) is 0.788. The molecule has 100 valence electrons. The van der Waals surface area contributed by atoms with Gasteiger partial charge in [-0.05, 0) is 30.3 Å². The molecular formula is C13H7ClFN3O2. The summed E-state index contributed by atoms with van der Waals surface area (Å²) in [6, 6.07) is 8.82. The lowest BCUT2D eigenvalue weighted by Crippen LogP contribution is -1.98. The first-order chi connectivity index (χ1) is 9.58. The highest BCUT2D eigenvalue weighted by Gasteiger charge is 2.15. The highest BCUT2D eigenvalue weighted by Crippen LogP contribution is 2.23. The number of carboxylic acids is 1. The van der Waals surface area contributed by atoms with Crippen molar-refractivity contribution < 1.29 is 14.3 Å². The molecule has 3 rings (SSSR count). The van der Waals surface area contributed by atoms with Crippen LogP contribution in [0, 0.1) is 5.82 Å². The van der Waals surface area contributed by atoms with Crippen molar-refractivity contribution in [3.8, 4) is 5.69 Å². The second kappa shape index (κ2) is 4.57. The van der Waals surface area contributed by atoms with E-state index in [9.17, 15) is 9.18 Å². The van der Waals surface area contributed by atoms with Gasteiger partial charge in [0.05, 0.1) is 21.8 Å². The van der Waals surface area contributed by atoms with Crippen LogP contribution in [0.5, 0.6) is 0 Å². The van der Waals surface area contributed by atoms with E-state index in [4.69, 9.17) is 16.7 Å². The molecule has 0 atom stereocenters. The SMILES string of the molecule is O=C(O)c1cccc2c1nnn2-c1ccc(F)c(Cl)c1. The molecule has 0 aliphatic heterocycles. The van der Waals surface area contributed by atoms with Gasteiger partial charge in [-0.3, -0.25) is 0 Å². The third-order valence-electron chi connectivity index (χ3n) is 2.86. The summed E-state index contributed by atoms with van der Waals surface area (Å²) in [6.45, 7) is 0. The number of benzene rings is 2. The normalized spacial score (nSPS) is 10.9. The number of nitrogens with zero attached hydrogens (tertiary/aromatic N) is 3. The number of aromatic nitrogens is 3. The molecule has 0 radical (unpaired) electrons. The van der Waals surface area contributed by atoms with Gasteiger partial charge >= 0.3 is 5.97 Å². The van der Waals surface area contributed by atoms with Crippen LogP contribution in [-0.2, 0) is 0 Å². The Hall–Kier alpha value is -2.47. The first kappa shape index (κ1) is 12.6. The van der Waals surface area contributed by atoms with E-state index in [0.717, 1.165) is 0 Å². The first-order valence-corrected chi connectivity index (χ1v) is 5.99. The van der Waals surface area contributed by atoms with E-state index in [-0.39, 0.29) is 16.1 Å².